The molecule has 2 N–H and O–H groups in total. The number of sulfonamides is 1. The number of H-pyrrole nitrogens is 1. The highest BCUT2D eigenvalue weighted by molar-refractivity contribution is 7.92. The van der Waals surface area contributed by atoms with Crippen LogP contribution in [0.3, 0.4) is 0 Å². The van der Waals surface area contributed by atoms with Crippen molar-refractivity contribution >= 4 is 15.7 Å². The summed E-state index contributed by atoms with van der Waals surface area (Å²) in [5.74, 6) is 0. The molecule has 2 aromatic rings. The number of aromatic nitrogens is 3. The number of hydrogen-bond acceptors (Lipinski definition) is 3. The lowest BCUT2D eigenvalue weighted by molar-refractivity contribution is 0.601. The Morgan fingerprint density at radius 3 is 2.59 bits per heavy atom. The summed E-state index contributed by atoms with van der Waals surface area (Å²) in [4.78, 5) is 0.236. The Bertz CT molecular complexity index is 620. The summed E-state index contributed by atoms with van der Waals surface area (Å²) in [6.07, 6.45) is 3.23. The van der Waals surface area contributed by atoms with Crippen molar-refractivity contribution in [2.75, 3.05) is 4.72 Å². The van der Waals surface area contributed by atoms with E-state index in [-0.39, 0.29) is 4.90 Å². The zero-order valence-corrected chi connectivity index (χ0v) is 10.7. The van der Waals surface area contributed by atoms with Crippen LogP contribution in [0.1, 0.15) is 11.4 Å². The second kappa shape index (κ2) is 3.92. The summed E-state index contributed by atoms with van der Waals surface area (Å²) >= 11 is 0. The Morgan fingerprint density at radius 1 is 1.41 bits per heavy atom. The summed E-state index contributed by atoms with van der Waals surface area (Å²) in [5, 5.41) is 6.68. The predicted octanol–water partition coefficient (Wildman–Crippen LogP) is 1.17. The molecule has 0 aromatic carbocycles. The normalized spacial score (nSPS) is 11.7. The predicted molar refractivity (Wildman–Crippen MR) is 64.3 cm³/mol. The van der Waals surface area contributed by atoms with E-state index in [1.54, 1.807) is 43.9 Å². The first-order chi connectivity index (χ1) is 7.90. The first-order valence-electron chi connectivity index (χ1n) is 5.06. The van der Waals surface area contributed by atoms with Gasteiger partial charge in [-0.2, -0.15) is 5.10 Å². The monoisotopic (exact) mass is 254 g/mol. The van der Waals surface area contributed by atoms with Gasteiger partial charge in [-0.1, -0.05) is 0 Å². The van der Waals surface area contributed by atoms with Crippen LogP contribution in [0.25, 0.3) is 0 Å². The van der Waals surface area contributed by atoms with Crippen LogP contribution < -0.4 is 4.72 Å². The fourth-order valence-corrected chi connectivity index (χ4v) is 2.76. The fraction of sp³-hybridized carbons (Fsp3) is 0.300. The van der Waals surface area contributed by atoms with E-state index in [0.29, 0.717) is 17.1 Å². The quantitative estimate of drug-likeness (QED) is 0.862. The molecule has 0 fully saturated rings. The molecule has 0 aliphatic carbocycles. The molecule has 0 atom stereocenters. The summed E-state index contributed by atoms with van der Waals surface area (Å²) in [6.45, 7) is 3.51. The minimum Gasteiger partial charge on any atom is -0.356 e. The minimum absolute atomic E-state index is 0.236. The van der Waals surface area contributed by atoms with Gasteiger partial charge in [-0.15, -0.1) is 0 Å². The maximum atomic E-state index is 12.1. The van der Waals surface area contributed by atoms with Crippen LogP contribution in [-0.2, 0) is 17.1 Å². The van der Waals surface area contributed by atoms with Crippen LogP contribution in [0.2, 0.25) is 0 Å². The van der Waals surface area contributed by atoms with Gasteiger partial charge in [0.15, 0.2) is 0 Å². The van der Waals surface area contributed by atoms with Crippen molar-refractivity contribution in [2.45, 2.75) is 18.7 Å². The van der Waals surface area contributed by atoms with Crippen molar-refractivity contribution in [3.05, 3.63) is 29.8 Å². The van der Waals surface area contributed by atoms with Gasteiger partial charge in [0.05, 0.1) is 17.1 Å². The van der Waals surface area contributed by atoms with Gasteiger partial charge in [0.1, 0.15) is 4.90 Å². The third-order valence-electron chi connectivity index (χ3n) is 2.48. The van der Waals surface area contributed by atoms with Gasteiger partial charge in [0, 0.05) is 19.4 Å². The number of aromatic amines is 1. The SMILES string of the molecule is Cc1n[nH]c(C)c1NS(=O)(=O)c1ccn(C)c1. The van der Waals surface area contributed by atoms with E-state index in [1.807, 2.05) is 0 Å². The molecule has 92 valence electrons. The number of nitrogens with zero attached hydrogens (tertiary/aromatic N) is 2. The van der Waals surface area contributed by atoms with Crippen LogP contribution in [0.5, 0.6) is 0 Å². The lowest BCUT2D eigenvalue weighted by Crippen LogP contribution is -2.13. The molecule has 0 bridgehead atoms. The number of rotatable bonds is 3. The first kappa shape index (κ1) is 11.7. The molecule has 6 nitrogen and oxygen atoms in total. The third-order valence-corrected chi connectivity index (χ3v) is 3.81. The Kier molecular flexibility index (Phi) is 2.70. The van der Waals surface area contributed by atoms with E-state index < -0.39 is 10.0 Å². The van der Waals surface area contributed by atoms with E-state index in [4.69, 9.17) is 0 Å². The largest absolute Gasteiger partial charge is 0.356 e. The Morgan fingerprint density at radius 2 is 2.12 bits per heavy atom. The van der Waals surface area contributed by atoms with E-state index in [1.165, 1.54) is 0 Å². The third kappa shape index (κ3) is 2.19. The number of hydrogen-bond donors (Lipinski definition) is 2. The minimum atomic E-state index is -3.54. The molecule has 17 heavy (non-hydrogen) atoms. The van der Waals surface area contributed by atoms with Gasteiger partial charge in [0.2, 0.25) is 0 Å². The molecule has 0 aliphatic heterocycles. The summed E-state index contributed by atoms with van der Waals surface area (Å²) in [5.41, 5.74) is 1.83. The zero-order chi connectivity index (χ0) is 12.6. The molecular weight excluding hydrogens is 240 g/mol. The molecule has 0 radical (unpaired) electrons. The Labute approximate surface area is 99.7 Å². The molecule has 0 saturated carbocycles. The topological polar surface area (TPSA) is 79.8 Å². The molecule has 0 spiro atoms. The molecule has 0 unspecified atom stereocenters. The molecular formula is C10H14N4O2S. The van der Waals surface area contributed by atoms with E-state index >= 15 is 0 Å². The lowest BCUT2D eigenvalue weighted by atomic mass is 10.3. The molecule has 0 aliphatic rings. The van der Waals surface area contributed by atoms with Gasteiger partial charge in [0.25, 0.3) is 10.0 Å². The second-order valence-corrected chi connectivity index (χ2v) is 5.61. The van der Waals surface area contributed by atoms with Crippen LogP contribution in [0, 0.1) is 13.8 Å². The van der Waals surface area contributed by atoms with Crippen molar-refractivity contribution in [3.8, 4) is 0 Å². The van der Waals surface area contributed by atoms with Crippen LogP contribution in [0.4, 0.5) is 5.69 Å². The van der Waals surface area contributed by atoms with E-state index in [9.17, 15) is 8.42 Å². The van der Waals surface area contributed by atoms with Crippen LogP contribution >= 0.6 is 0 Å². The fourth-order valence-electron chi connectivity index (χ4n) is 1.53. The standard InChI is InChI=1S/C10H14N4O2S/c1-7-10(8(2)12-11-7)13-17(15,16)9-4-5-14(3)6-9/h4-6,13H,1-3H3,(H,11,12). The van der Waals surface area contributed by atoms with Crippen molar-refractivity contribution in [1.29, 1.82) is 0 Å². The van der Waals surface area contributed by atoms with Gasteiger partial charge in [-0.05, 0) is 19.9 Å². The maximum absolute atomic E-state index is 12.1. The van der Waals surface area contributed by atoms with Gasteiger partial charge < -0.3 is 4.57 Å². The van der Waals surface area contributed by atoms with Crippen molar-refractivity contribution < 1.29 is 8.42 Å². The summed E-state index contributed by atoms with van der Waals surface area (Å²) < 4.78 is 28.3. The molecule has 2 aromatic heterocycles. The highest BCUT2D eigenvalue weighted by atomic mass is 32.2. The molecule has 2 rings (SSSR count). The molecule has 0 saturated heterocycles. The summed E-state index contributed by atoms with van der Waals surface area (Å²) in [7, 11) is -1.77. The van der Waals surface area contributed by atoms with Crippen molar-refractivity contribution in [1.82, 2.24) is 14.8 Å². The van der Waals surface area contributed by atoms with Crippen LogP contribution in [-0.4, -0.2) is 23.2 Å². The van der Waals surface area contributed by atoms with E-state index in [2.05, 4.69) is 14.9 Å². The average molecular weight is 254 g/mol. The van der Waals surface area contributed by atoms with E-state index in [0.717, 1.165) is 0 Å². The van der Waals surface area contributed by atoms with Gasteiger partial charge >= 0.3 is 0 Å². The van der Waals surface area contributed by atoms with Crippen molar-refractivity contribution in [3.63, 3.8) is 0 Å². The maximum Gasteiger partial charge on any atom is 0.263 e. The van der Waals surface area contributed by atoms with Crippen molar-refractivity contribution in [2.24, 2.45) is 7.05 Å². The Hall–Kier alpha value is -1.76. The highest BCUT2D eigenvalue weighted by Gasteiger charge is 2.18. The lowest BCUT2D eigenvalue weighted by Gasteiger charge is -2.06. The molecule has 0 amide bonds. The Balaban J connectivity index is 2.36. The second-order valence-electron chi connectivity index (χ2n) is 3.93. The number of aryl methyl sites for hydroxylation is 3. The number of anilines is 1. The number of nitrogens with one attached hydrogen (secondary N) is 2. The van der Waals surface area contributed by atoms with Gasteiger partial charge in [-0.25, -0.2) is 8.42 Å². The van der Waals surface area contributed by atoms with Crippen LogP contribution in [0.15, 0.2) is 23.4 Å². The summed E-state index contributed by atoms with van der Waals surface area (Å²) in [6, 6.07) is 1.55. The first-order valence-corrected chi connectivity index (χ1v) is 6.55. The average Bonchev–Trinajstić information content (AvgIpc) is 2.80. The molecule has 2 heterocycles. The molecule has 7 heteroatoms. The van der Waals surface area contributed by atoms with Gasteiger partial charge in [-0.3, -0.25) is 9.82 Å². The zero-order valence-electron chi connectivity index (χ0n) is 9.85. The highest BCUT2D eigenvalue weighted by Crippen LogP contribution is 2.21. The smallest absolute Gasteiger partial charge is 0.263 e.